The Morgan fingerprint density at radius 3 is 2.57 bits per heavy atom. The second kappa shape index (κ2) is 15.1. The summed E-state index contributed by atoms with van der Waals surface area (Å²) in [6.45, 7) is 5.03. The number of fused-ring (bicyclic) bond motifs is 1. The van der Waals surface area contributed by atoms with E-state index < -0.39 is 16.1 Å². The number of carbonyl (C=O) groups is 2. The first-order chi connectivity index (χ1) is 23.3. The molecule has 0 spiro atoms. The molecule has 14 heteroatoms. The summed E-state index contributed by atoms with van der Waals surface area (Å²) in [6, 6.07) is 18.9. The van der Waals surface area contributed by atoms with Crippen LogP contribution in [-0.2, 0) is 34.8 Å². The minimum absolute atomic E-state index is 0.0368. The third-order valence-corrected chi connectivity index (χ3v) is 9.76. The Balaban J connectivity index is 1.32. The molecule has 3 atom stereocenters. The number of hydrogen-bond acceptors (Lipinski definition) is 9. The zero-order valence-electron chi connectivity index (χ0n) is 28.0. The van der Waals surface area contributed by atoms with E-state index in [0.717, 1.165) is 5.56 Å². The molecule has 0 radical (unpaired) electrons. The Morgan fingerprint density at radius 2 is 1.90 bits per heavy atom. The van der Waals surface area contributed by atoms with Gasteiger partial charge in [-0.1, -0.05) is 31.2 Å². The van der Waals surface area contributed by atoms with Gasteiger partial charge in [-0.05, 0) is 62.0 Å². The van der Waals surface area contributed by atoms with Crippen LogP contribution < -0.4 is 20.5 Å². The van der Waals surface area contributed by atoms with Gasteiger partial charge in [-0.25, -0.2) is 4.98 Å². The van der Waals surface area contributed by atoms with Crippen LogP contribution in [0.3, 0.4) is 0 Å². The van der Waals surface area contributed by atoms with Crippen molar-refractivity contribution in [3.05, 3.63) is 95.9 Å². The Kier molecular flexibility index (Phi) is 10.9. The van der Waals surface area contributed by atoms with Gasteiger partial charge in [0, 0.05) is 55.6 Å². The first-order valence-electron chi connectivity index (χ1n) is 16.0. The number of nitrogens with two attached hydrogens (primary N) is 1. The number of aliphatic hydroxyl groups is 1. The van der Waals surface area contributed by atoms with E-state index in [4.69, 9.17) is 10.5 Å². The second-order valence-electron chi connectivity index (χ2n) is 12.6. The Hall–Kier alpha value is -4.92. The molecule has 0 fully saturated rings. The standard InChI is InChI=1S/C35H43N7O6S/c1-23-17-42(24(2)21-43)34(44)16-27-15-28(39-49(46,47)33-20-41(4)22-37-33)13-14-31(27)48-32(23)19-40(3)18-25-9-11-26(12-10-25)35(45)38-30-8-6-5-7-29(30)36/h5-15,20,22-24,32,39,43H,16-19,21,36H2,1-4H3,(H,38,45)/t23-,24+,32+/m0/s1. The number of benzene rings is 3. The largest absolute Gasteiger partial charge is 0.488 e. The highest BCUT2D eigenvalue weighted by atomic mass is 32.2. The van der Waals surface area contributed by atoms with E-state index in [9.17, 15) is 23.1 Å². The SMILES string of the molecule is C[C@H](CO)N1C[C@H](C)[C@@H](CN(C)Cc2ccc(C(=O)Nc3ccccc3N)cc2)Oc2ccc(NS(=O)(=O)c3cn(C)cn3)cc2CC1=O. The highest BCUT2D eigenvalue weighted by Gasteiger charge is 2.31. The fraction of sp³-hybridized carbons (Fsp3) is 0.343. The summed E-state index contributed by atoms with van der Waals surface area (Å²) in [7, 11) is -0.310. The Bertz CT molecular complexity index is 1900. The van der Waals surface area contributed by atoms with Gasteiger partial charge < -0.3 is 30.4 Å². The van der Waals surface area contributed by atoms with Crippen LogP contribution in [0.25, 0.3) is 0 Å². The topological polar surface area (TPSA) is 172 Å². The van der Waals surface area contributed by atoms with Crippen LogP contribution in [0.15, 0.2) is 84.3 Å². The lowest BCUT2D eigenvalue weighted by Crippen LogP contribution is -2.47. The molecule has 5 N–H and O–H groups in total. The summed E-state index contributed by atoms with van der Waals surface area (Å²) in [4.78, 5) is 34.1. The van der Waals surface area contributed by atoms with Crippen molar-refractivity contribution in [2.75, 3.05) is 42.5 Å². The van der Waals surface area contributed by atoms with E-state index in [2.05, 4.69) is 19.9 Å². The molecule has 0 aliphatic carbocycles. The van der Waals surface area contributed by atoms with Gasteiger partial charge >= 0.3 is 0 Å². The van der Waals surface area contributed by atoms with Crippen LogP contribution in [0.5, 0.6) is 5.75 Å². The first kappa shape index (κ1) is 35.4. The third-order valence-electron chi connectivity index (χ3n) is 8.49. The zero-order valence-corrected chi connectivity index (χ0v) is 28.9. The van der Waals surface area contributed by atoms with Crippen LogP contribution in [-0.4, -0.2) is 83.6 Å². The number of amides is 2. The van der Waals surface area contributed by atoms with Gasteiger partial charge in [-0.2, -0.15) is 8.42 Å². The molecule has 260 valence electrons. The van der Waals surface area contributed by atoms with Crippen molar-refractivity contribution in [3.8, 4) is 5.75 Å². The number of nitrogens with one attached hydrogen (secondary N) is 2. The predicted octanol–water partition coefficient (Wildman–Crippen LogP) is 3.34. The maximum Gasteiger partial charge on any atom is 0.280 e. The van der Waals surface area contributed by atoms with Gasteiger partial charge in [0.05, 0.1) is 36.8 Å². The number of likely N-dealkylation sites (N-methyl/N-ethyl adjacent to an activating group) is 1. The second-order valence-corrected chi connectivity index (χ2v) is 14.3. The molecule has 0 saturated carbocycles. The number of para-hydroxylation sites is 2. The lowest BCUT2D eigenvalue weighted by molar-refractivity contribution is -0.134. The number of nitrogen functional groups attached to an aromatic ring is 1. The van der Waals surface area contributed by atoms with Crippen molar-refractivity contribution in [2.24, 2.45) is 13.0 Å². The number of hydrogen-bond donors (Lipinski definition) is 4. The van der Waals surface area contributed by atoms with Gasteiger partial charge in [0.2, 0.25) is 5.91 Å². The highest BCUT2D eigenvalue weighted by molar-refractivity contribution is 7.92. The maximum absolute atomic E-state index is 13.6. The van der Waals surface area contributed by atoms with Crippen molar-refractivity contribution in [1.29, 1.82) is 0 Å². The average molecular weight is 690 g/mol. The lowest BCUT2D eigenvalue weighted by Gasteiger charge is -2.34. The van der Waals surface area contributed by atoms with E-state index in [1.807, 2.05) is 26.1 Å². The molecule has 2 heterocycles. The monoisotopic (exact) mass is 689 g/mol. The van der Waals surface area contributed by atoms with Gasteiger partial charge in [-0.15, -0.1) is 0 Å². The van der Waals surface area contributed by atoms with Crippen LogP contribution >= 0.6 is 0 Å². The van der Waals surface area contributed by atoms with E-state index in [-0.39, 0.29) is 47.6 Å². The molecule has 1 aromatic heterocycles. The van der Waals surface area contributed by atoms with Crippen LogP contribution in [0.2, 0.25) is 0 Å². The van der Waals surface area contributed by atoms with Gasteiger partial charge in [0.25, 0.3) is 15.9 Å². The van der Waals surface area contributed by atoms with Crippen LogP contribution in [0.1, 0.15) is 35.3 Å². The summed E-state index contributed by atoms with van der Waals surface area (Å²) in [6.07, 6.45) is 2.40. The number of aromatic nitrogens is 2. The minimum atomic E-state index is -3.96. The van der Waals surface area contributed by atoms with E-state index in [0.29, 0.717) is 47.9 Å². The number of aliphatic hydroxyl groups excluding tert-OH is 1. The minimum Gasteiger partial charge on any atom is -0.488 e. The fourth-order valence-electron chi connectivity index (χ4n) is 5.70. The molecule has 3 aromatic carbocycles. The summed E-state index contributed by atoms with van der Waals surface area (Å²) in [5, 5.41) is 12.7. The van der Waals surface area contributed by atoms with E-state index >= 15 is 0 Å². The smallest absolute Gasteiger partial charge is 0.280 e. The third kappa shape index (κ3) is 8.76. The van der Waals surface area contributed by atoms with Crippen molar-refractivity contribution in [2.45, 2.75) is 44.0 Å². The number of ether oxygens (including phenoxy) is 1. The van der Waals surface area contributed by atoms with E-state index in [1.54, 1.807) is 73.5 Å². The number of imidazole rings is 1. The number of rotatable bonds is 11. The number of aryl methyl sites for hydroxylation is 1. The summed E-state index contributed by atoms with van der Waals surface area (Å²) >= 11 is 0. The van der Waals surface area contributed by atoms with Crippen molar-refractivity contribution < 1.29 is 27.9 Å². The van der Waals surface area contributed by atoms with Gasteiger partial charge in [0.15, 0.2) is 5.03 Å². The molecule has 0 bridgehead atoms. The number of anilines is 3. The fourth-order valence-corrected chi connectivity index (χ4v) is 6.73. The molecule has 0 unspecified atom stereocenters. The normalized spacial score (nSPS) is 17.3. The average Bonchev–Trinajstić information content (AvgIpc) is 3.53. The molecule has 13 nitrogen and oxygen atoms in total. The van der Waals surface area contributed by atoms with E-state index in [1.165, 1.54) is 17.1 Å². The van der Waals surface area contributed by atoms with Crippen LogP contribution in [0, 0.1) is 5.92 Å². The molecular weight excluding hydrogens is 646 g/mol. The van der Waals surface area contributed by atoms with Crippen molar-refractivity contribution in [1.82, 2.24) is 19.4 Å². The number of nitrogens with zero attached hydrogens (tertiary/aromatic N) is 4. The molecule has 5 rings (SSSR count). The molecule has 1 aliphatic rings. The number of carbonyl (C=O) groups excluding carboxylic acids is 2. The van der Waals surface area contributed by atoms with Gasteiger partial charge in [0.1, 0.15) is 11.9 Å². The molecular formula is C35H43N7O6S. The molecule has 0 saturated heterocycles. The quantitative estimate of drug-likeness (QED) is 0.172. The lowest BCUT2D eigenvalue weighted by atomic mass is 10.0. The zero-order chi connectivity index (χ0) is 35.3. The molecule has 49 heavy (non-hydrogen) atoms. The number of sulfonamides is 1. The van der Waals surface area contributed by atoms with Crippen LogP contribution in [0.4, 0.5) is 17.1 Å². The van der Waals surface area contributed by atoms with Crippen molar-refractivity contribution >= 4 is 38.9 Å². The molecule has 4 aromatic rings. The summed E-state index contributed by atoms with van der Waals surface area (Å²) < 4.78 is 36.6. The maximum atomic E-state index is 13.6. The first-order valence-corrected chi connectivity index (χ1v) is 17.4. The van der Waals surface area contributed by atoms with Gasteiger partial charge in [-0.3, -0.25) is 19.2 Å². The predicted molar refractivity (Wildman–Crippen MR) is 188 cm³/mol. The summed E-state index contributed by atoms with van der Waals surface area (Å²) in [5.74, 6) is -0.0956. The van der Waals surface area contributed by atoms with Crippen molar-refractivity contribution in [3.63, 3.8) is 0 Å². The Labute approximate surface area is 286 Å². The summed E-state index contributed by atoms with van der Waals surface area (Å²) in [5.41, 5.74) is 9.29. The Morgan fingerprint density at radius 1 is 1.16 bits per heavy atom. The highest BCUT2D eigenvalue weighted by Crippen LogP contribution is 2.30. The molecule has 1 aliphatic heterocycles. The molecule has 2 amide bonds.